The van der Waals surface area contributed by atoms with Crippen LogP contribution in [0.25, 0.3) is 0 Å². The van der Waals surface area contributed by atoms with E-state index in [1.165, 1.54) is 0 Å². The zero-order valence-corrected chi connectivity index (χ0v) is 7.44. The van der Waals surface area contributed by atoms with E-state index in [9.17, 15) is 12.1 Å². The van der Waals surface area contributed by atoms with Crippen LogP contribution in [0.2, 0.25) is 0 Å². The first-order valence-electron chi connectivity index (χ1n) is 1.01. The summed E-state index contributed by atoms with van der Waals surface area (Å²) in [6, 6.07) is 0. The molecule has 0 rings (SSSR count). The second-order valence-electron chi connectivity index (χ2n) is 0.958. The van der Waals surface area contributed by atoms with Gasteiger partial charge in [-0.2, -0.15) is 0 Å². The molecule has 0 saturated heterocycles. The predicted octanol–water partition coefficient (Wildman–Crippen LogP) is 3.06. The Kier molecular flexibility index (Phi) is 1.15. The summed E-state index contributed by atoms with van der Waals surface area (Å²) < 4.78 is 43.2. The van der Waals surface area contributed by atoms with Gasteiger partial charge in [0.05, 0.1) is 0 Å². The first kappa shape index (κ1) is 8.04. The fourth-order valence-corrected chi connectivity index (χ4v) is 0. The molecule has 0 aromatic heterocycles. The summed E-state index contributed by atoms with van der Waals surface area (Å²) in [5.41, 5.74) is 0. The van der Waals surface area contributed by atoms with E-state index < -0.39 is 14.5 Å². The molecule has 0 fully saturated rings. The summed E-state index contributed by atoms with van der Waals surface area (Å²) in [4.78, 5) is 0. The molecule has 0 heterocycles. The van der Waals surface area contributed by atoms with Gasteiger partial charge in [0.1, 0.15) is 0 Å². The van der Waals surface area contributed by atoms with Crippen molar-refractivity contribution in [2.24, 2.45) is 0 Å². The average Bonchev–Trinajstić information content (AvgIpc) is 0.592. The van der Waals surface area contributed by atoms with Crippen LogP contribution in [0, 0.1) is 0 Å². The molecular weight excluding hydrogens is 328 g/mol. The van der Waals surface area contributed by atoms with Crippen LogP contribution in [0.3, 0.4) is 0 Å². The molecular formula is Cl2F4Ta-. The van der Waals surface area contributed by atoms with Gasteiger partial charge in [-0.3, -0.25) is 0 Å². The molecule has 0 spiro atoms. The fourth-order valence-electron chi connectivity index (χ4n) is 0. The van der Waals surface area contributed by atoms with Crippen molar-refractivity contribution in [1.82, 2.24) is 0 Å². The average molecular weight is 328 g/mol. The van der Waals surface area contributed by atoms with E-state index in [0.29, 0.717) is 0 Å². The Morgan fingerprint density at radius 2 is 0.857 bits per heavy atom. The van der Waals surface area contributed by atoms with Gasteiger partial charge in [-0.05, 0) is 0 Å². The molecule has 0 aromatic rings. The molecule has 7 heavy (non-hydrogen) atoms. The quantitative estimate of drug-likeness (QED) is 0.600. The summed E-state index contributed by atoms with van der Waals surface area (Å²) >= 11 is -9.41. The molecule has 0 aliphatic carbocycles. The third kappa shape index (κ3) is 165. The SMILES string of the molecule is [F][Ta-]([F])([F])([F])([Cl])[Cl]. The second kappa shape index (κ2) is 0.998. The molecule has 0 amide bonds. The van der Waals surface area contributed by atoms with Crippen LogP contribution < -0.4 is 0 Å². The first-order chi connectivity index (χ1) is 2.45. The van der Waals surface area contributed by atoms with Crippen molar-refractivity contribution in [1.29, 1.82) is 0 Å². The Balaban J connectivity index is 4.43. The monoisotopic (exact) mass is 327 g/mol. The van der Waals surface area contributed by atoms with Crippen LogP contribution in [-0.2, 0) is 14.5 Å². The molecule has 0 radical (unpaired) electrons. The second-order valence-corrected chi connectivity index (χ2v) is 20.4. The standard InChI is InChI=1S/2ClH.4FH.Ta/h6*1H;/q;;;;;;+5/p-6. The van der Waals surface area contributed by atoms with Crippen molar-refractivity contribution in [3.05, 3.63) is 0 Å². The number of halogens is 6. The van der Waals surface area contributed by atoms with Gasteiger partial charge in [0, 0.05) is 0 Å². The number of rotatable bonds is 0. The van der Waals surface area contributed by atoms with Crippen molar-refractivity contribution >= 4 is 18.4 Å². The van der Waals surface area contributed by atoms with E-state index in [-0.39, 0.29) is 0 Å². The predicted molar refractivity (Wildman–Crippen MR) is 16.1 cm³/mol. The van der Waals surface area contributed by atoms with Crippen molar-refractivity contribution in [3.63, 3.8) is 0 Å². The normalized spacial score (nSPS) is 23.1. The zero-order valence-electron chi connectivity index (χ0n) is 2.72. The van der Waals surface area contributed by atoms with Gasteiger partial charge >= 0.3 is 45.0 Å². The molecule has 0 aromatic carbocycles. The zero-order chi connectivity index (χ0) is 6.41. The van der Waals surface area contributed by atoms with E-state index >= 15 is 0 Å². The number of hydrogen-bond donors (Lipinski definition) is 0. The molecule has 7 heteroatoms. The molecule has 0 saturated carbocycles. The number of hydrogen-bond acceptors (Lipinski definition) is 0. The van der Waals surface area contributed by atoms with Crippen LogP contribution in [0.15, 0.2) is 0 Å². The molecule has 0 N–H and O–H groups in total. The molecule has 0 bridgehead atoms. The van der Waals surface area contributed by atoms with Crippen molar-refractivity contribution < 1.29 is 26.6 Å². The van der Waals surface area contributed by atoms with Crippen molar-refractivity contribution in [2.75, 3.05) is 0 Å². The maximum atomic E-state index is 10.8. The van der Waals surface area contributed by atoms with Gasteiger partial charge in [0.15, 0.2) is 0 Å². The van der Waals surface area contributed by atoms with Gasteiger partial charge in [-0.25, -0.2) is 0 Å². The third-order valence-corrected chi connectivity index (χ3v) is 0. The maximum absolute atomic E-state index is 10.8. The molecule has 48 valence electrons. The topological polar surface area (TPSA) is 0 Å². The van der Waals surface area contributed by atoms with E-state index in [1.807, 2.05) is 0 Å². The molecule has 0 aliphatic heterocycles. The summed E-state index contributed by atoms with van der Waals surface area (Å²) in [5, 5.41) is 0. The van der Waals surface area contributed by atoms with Crippen LogP contribution >= 0.6 is 18.4 Å². The van der Waals surface area contributed by atoms with Gasteiger partial charge in [0.2, 0.25) is 0 Å². The van der Waals surface area contributed by atoms with Gasteiger partial charge in [0.25, 0.3) is 0 Å². The minimum atomic E-state index is -9.41. The Morgan fingerprint density at radius 3 is 0.857 bits per heavy atom. The summed E-state index contributed by atoms with van der Waals surface area (Å²) in [7, 11) is 6.69. The third-order valence-electron chi connectivity index (χ3n) is 0. The Labute approximate surface area is 45.2 Å². The van der Waals surface area contributed by atoms with E-state index in [2.05, 4.69) is 18.4 Å². The van der Waals surface area contributed by atoms with E-state index in [4.69, 9.17) is 0 Å². The Bertz CT molecular complexity index is 68.3. The molecule has 0 aliphatic rings. The van der Waals surface area contributed by atoms with Crippen LogP contribution in [0.5, 0.6) is 0 Å². The molecule has 0 atom stereocenters. The van der Waals surface area contributed by atoms with Gasteiger partial charge < -0.3 is 0 Å². The minimum absolute atomic E-state index is 3.35. The van der Waals surface area contributed by atoms with Crippen LogP contribution in [0.1, 0.15) is 0 Å². The summed E-state index contributed by atoms with van der Waals surface area (Å²) in [5.74, 6) is 0. The summed E-state index contributed by atoms with van der Waals surface area (Å²) in [6.45, 7) is 0. The summed E-state index contributed by atoms with van der Waals surface area (Å²) in [6.07, 6.45) is 0. The van der Waals surface area contributed by atoms with E-state index in [0.717, 1.165) is 0 Å². The van der Waals surface area contributed by atoms with Crippen LogP contribution in [-0.4, -0.2) is 0 Å². The van der Waals surface area contributed by atoms with Crippen LogP contribution in [0.4, 0.5) is 12.1 Å². The van der Waals surface area contributed by atoms with Gasteiger partial charge in [-0.1, -0.05) is 0 Å². The van der Waals surface area contributed by atoms with Crippen molar-refractivity contribution in [3.8, 4) is 0 Å². The van der Waals surface area contributed by atoms with E-state index in [1.54, 1.807) is 0 Å². The first-order valence-corrected chi connectivity index (χ1v) is 13.8. The Morgan fingerprint density at radius 1 is 0.857 bits per heavy atom. The van der Waals surface area contributed by atoms with Crippen molar-refractivity contribution in [2.45, 2.75) is 0 Å². The molecule has 0 unspecified atom stereocenters. The fraction of sp³-hybridized carbons (Fsp3) is 0. The molecule has 0 nitrogen and oxygen atoms in total. The van der Waals surface area contributed by atoms with Gasteiger partial charge in [-0.15, -0.1) is 0 Å². The Hall–Kier alpha value is 1.04.